The molecule has 1 saturated carbocycles. The summed E-state index contributed by atoms with van der Waals surface area (Å²) in [4.78, 5) is 16.2. The van der Waals surface area contributed by atoms with Crippen LogP contribution in [0.4, 0.5) is 5.69 Å². The molecule has 20 heavy (non-hydrogen) atoms. The van der Waals surface area contributed by atoms with Crippen molar-refractivity contribution in [2.45, 2.75) is 32.2 Å². The molecule has 0 unspecified atom stereocenters. The Balaban J connectivity index is 2.13. The van der Waals surface area contributed by atoms with Gasteiger partial charge in [0.2, 0.25) is 0 Å². The van der Waals surface area contributed by atoms with E-state index in [0.717, 1.165) is 27.8 Å². The third-order valence-electron chi connectivity index (χ3n) is 3.67. The average molecular weight is 270 g/mol. The van der Waals surface area contributed by atoms with Gasteiger partial charge in [0.05, 0.1) is 19.0 Å². The van der Waals surface area contributed by atoms with Crippen molar-refractivity contribution in [1.82, 2.24) is 4.98 Å². The topological polar surface area (TPSA) is 51.2 Å². The molecule has 0 aliphatic heterocycles. The Kier molecular flexibility index (Phi) is 3.30. The van der Waals surface area contributed by atoms with E-state index in [1.54, 1.807) is 0 Å². The van der Waals surface area contributed by atoms with Crippen LogP contribution in [0.25, 0.3) is 10.9 Å². The number of para-hydroxylation sites is 1. The summed E-state index contributed by atoms with van der Waals surface area (Å²) >= 11 is 0. The Hall–Kier alpha value is -2.10. The van der Waals surface area contributed by atoms with E-state index in [9.17, 15) is 4.79 Å². The number of hydrogen-bond acceptors (Lipinski definition) is 4. The molecule has 0 bridgehead atoms. The SMILES string of the molecule is COC(=O)Cc1c(C)nc2ccccc2c1NC1CC1. The zero-order valence-corrected chi connectivity index (χ0v) is 11.8. The maximum atomic E-state index is 11.6. The molecule has 1 aliphatic carbocycles. The minimum atomic E-state index is -0.232. The molecule has 0 atom stereocenters. The number of carbonyl (C=O) groups is 1. The van der Waals surface area contributed by atoms with Gasteiger partial charge in [-0.05, 0) is 25.8 Å². The molecule has 1 fully saturated rings. The molecule has 0 amide bonds. The average Bonchev–Trinajstić information content (AvgIpc) is 3.26. The predicted octanol–water partition coefficient (Wildman–Crippen LogP) is 2.83. The molecule has 1 N–H and O–H groups in total. The first-order chi connectivity index (χ1) is 9.69. The second-order valence-electron chi connectivity index (χ2n) is 5.24. The standard InChI is InChI=1S/C16H18N2O2/c1-10-13(9-15(19)20-2)16(18-11-7-8-11)12-5-3-4-6-14(12)17-10/h3-6,11H,7-9H2,1-2H3,(H,17,18). The van der Waals surface area contributed by atoms with Gasteiger partial charge < -0.3 is 10.1 Å². The Morgan fingerprint density at radius 2 is 2.15 bits per heavy atom. The van der Waals surface area contributed by atoms with E-state index in [4.69, 9.17) is 4.74 Å². The molecule has 2 aromatic rings. The fourth-order valence-electron chi connectivity index (χ4n) is 2.40. The first-order valence-corrected chi connectivity index (χ1v) is 6.90. The smallest absolute Gasteiger partial charge is 0.310 e. The van der Waals surface area contributed by atoms with Crippen molar-refractivity contribution in [3.05, 3.63) is 35.5 Å². The number of rotatable bonds is 4. The maximum Gasteiger partial charge on any atom is 0.310 e. The van der Waals surface area contributed by atoms with E-state index in [1.165, 1.54) is 20.0 Å². The molecular weight excluding hydrogens is 252 g/mol. The summed E-state index contributed by atoms with van der Waals surface area (Å²) in [5.74, 6) is -0.232. The second kappa shape index (κ2) is 5.12. The Morgan fingerprint density at radius 3 is 2.85 bits per heavy atom. The fourth-order valence-corrected chi connectivity index (χ4v) is 2.40. The van der Waals surface area contributed by atoms with E-state index < -0.39 is 0 Å². The summed E-state index contributed by atoms with van der Waals surface area (Å²) < 4.78 is 4.80. The number of ether oxygens (including phenoxy) is 1. The van der Waals surface area contributed by atoms with Gasteiger partial charge in [0, 0.05) is 28.4 Å². The molecule has 0 radical (unpaired) electrons. The number of nitrogens with zero attached hydrogens (tertiary/aromatic N) is 1. The summed E-state index contributed by atoms with van der Waals surface area (Å²) in [7, 11) is 1.42. The number of anilines is 1. The summed E-state index contributed by atoms with van der Waals surface area (Å²) in [6.07, 6.45) is 2.63. The summed E-state index contributed by atoms with van der Waals surface area (Å²) in [6.45, 7) is 1.95. The molecule has 1 aromatic heterocycles. The molecule has 104 valence electrons. The van der Waals surface area contributed by atoms with Gasteiger partial charge >= 0.3 is 5.97 Å². The molecular formula is C16H18N2O2. The highest BCUT2D eigenvalue weighted by Crippen LogP contribution is 2.33. The van der Waals surface area contributed by atoms with Gasteiger partial charge in [0.1, 0.15) is 0 Å². The van der Waals surface area contributed by atoms with E-state index in [2.05, 4.69) is 10.3 Å². The van der Waals surface area contributed by atoms with Crippen LogP contribution in [0.2, 0.25) is 0 Å². The van der Waals surface area contributed by atoms with Crippen LogP contribution in [0, 0.1) is 6.92 Å². The minimum absolute atomic E-state index is 0.232. The van der Waals surface area contributed by atoms with Crippen molar-refractivity contribution >= 4 is 22.6 Å². The van der Waals surface area contributed by atoms with Gasteiger partial charge in [0.25, 0.3) is 0 Å². The third kappa shape index (κ3) is 2.46. The molecule has 0 spiro atoms. The van der Waals surface area contributed by atoms with E-state index in [0.29, 0.717) is 6.04 Å². The van der Waals surface area contributed by atoms with Crippen LogP contribution < -0.4 is 5.32 Å². The first-order valence-electron chi connectivity index (χ1n) is 6.90. The minimum Gasteiger partial charge on any atom is -0.469 e. The number of carbonyl (C=O) groups excluding carboxylic acids is 1. The quantitative estimate of drug-likeness (QED) is 0.868. The van der Waals surface area contributed by atoms with E-state index in [-0.39, 0.29) is 12.4 Å². The van der Waals surface area contributed by atoms with Gasteiger partial charge in [-0.15, -0.1) is 0 Å². The number of esters is 1. The zero-order valence-electron chi connectivity index (χ0n) is 11.8. The van der Waals surface area contributed by atoms with E-state index in [1.807, 2.05) is 31.2 Å². The third-order valence-corrected chi connectivity index (χ3v) is 3.67. The molecule has 1 heterocycles. The maximum absolute atomic E-state index is 11.6. The van der Waals surface area contributed by atoms with Gasteiger partial charge in [-0.3, -0.25) is 9.78 Å². The number of fused-ring (bicyclic) bond motifs is 1. The molecule has 3 rings (SSSR count). The van der Waals surface area contributed by atoms with Crippen LogP contribution in [-0.2, 0) is 16.0 Å². The summed E-state index contributed by atoms with van der Waals surface area (Å²) in [5, 5.41) is 4.62. The number of hydrogen-bond donors (Lipinski definition) is 1. The van der Waals surface area contributed by atoms with Crippen molar-refractivity contribution in [1.29, 1.82) is 0 Å². The number of aromatic nitrogens is 1. The van der Waals surface area contributed by atoms with Crippen molar-refractivity contribution in [3.63, 3.8) is 0 Å². The fraction of sp³-hybridized carbons (Fsp3) is 0.375. The van der Waals surface area contributed by atoms with Gasteiger partial charge in [-0.1, -0.05) is 18.2 Å². The summed E-state index contributed by atoms with van der Waals surface area (Å²) in [5.41, 5.74) is 3.84. The van der Waals surface area contributed by atoms with Crippen molar-refractivity contribution in [2.24, 2.45) is 0 Å². The molecule has 1 aliphatic rings. The molecule has 4 nitrogen and oxygen atoms in total. The molecule has 4 heteroatoms. The zero-order chi connectivity index (χ0) is 14.1. The van der Waals surface area contributed by atoms with Crippen LogP contribution in [0.3, 0.4) is 0 Å². The van der Waals surface area contributed by atoms with Crippen LogP contribution in [0.5, 0.6) is 0 Å². The highest BCUT2D eigenvalue weighted by atomic mass is 16.5. The van der Waals surface area contributed by atoms with Crippen molar-refractivity contribution in [3.8, 4) is 0 Å². The number of methoxy groups -OCH3 is 1. The van der Waals surface area contributed by atoms with Crippen molar-refractivity contribution in [2.75, 3.05) is 12.4 Å². The van der Waals surface area contributed by atoms with Gasteiger partial charge in [0.15, 0.2) is 0 Å². The highest BCUT2D eigenvalue weighted by molar-refractivity contribution is 5.95. The molecule has 1 aromatic carbocycles. The van der Waals surface area contributed by atoms with Crippen LogP contribution in [0.1, 0.15) is 24.1 Å². The lowest BCUT2D eigenvalue weighted by molar-refractivity contribution is -0.139. The highest BCUT2D eigenvalue weighted by Gasteiger charge is 2.24. The van der Waals surface area contributed by atoms with Crippen LogP contribution in [-0.4, -0.2) is 24.1 Å². The number of pyridine rings is 1. The van der Waals surface area contributed by atoms with E-state index >= 15 is 0 Å². The Labute approximate surface area is 118 Å². The Bertz CT molecular complexity index is 663. The lowest BCUT2D eigenvalue weighted by Crippen LogP contribution is -2.12. The van der Waals surface area contributed by atoms with Crippen LogP contribution >= 0.6 is 0 Å². The lowest BCUT2D eigenvalue weighted by Gasteiger charge is -2.16. The largest absolute Gasteiger partial charge is 0.469 e. The number of benzene rings is 1. The number of nitrogens with one attached hydrogen (secondary N) is 1. The van der Waals surface area contributed by atoms with Crippen LogP contribution in [0.15, 0.2) is 24.3 Å². The monoisotopic (exact) mass is 270 g/mol. The van der Waals surface area contributed by atoms with Gasteiger partial charge in [-0.2, -0.15) is 0 Å². The normalized spacial score (nSPS) is 14.3. The predicted molar refractivity (Wildman–Crippen MR) is 78.8 cm³/mol. The first kappa shape index (κ1) is 12.9. The molecule has 0 saturated heterocycles. The second-order valence-corrected chi connectivity index (χ2v) is 5.24. The number of aryl methyl sites for hydroxylation is 1. The lowest BCUT2D eigenvalue weighted by atomic mass is 10.0. The van der Waals surface area contributed by atoms with Crippen molar-refractivity contribution < 1.29 is 9.53 Å². The van der Waals surface area contributed by atoms with Gasteiger partial charge in [-0.25, -0.2) is 0 Å². The summed E-state index contributed by atoms with van der Waals surface area (Å²) in [6, 6.07) is 8.56. The Morgan fingerprint density at radius 1 is 1.40 bits per heavy atom.